The second-order valence-corrected chi connectivity index (χ2v) is 6.32. The molecule has 1 aromatic heterocycles. The number of hydrogen-bond acceptors (Lipinski definition) is 4. The smallest absolute Gasteiger partial charge is 0.240 e. The van der Waals surface area contributed by atoms with Crippen molar-refractivity contribution in [1.29, 1.82) is 0 Å². The third-order valence-electron chi connectivity index (χ3n) is 2.93. The van der Waals surface area contributed by atoms with E-state index in [1.165, 1.54) is 7.05 Å². The van der Waals surface area contributed by atoms with Gasteiger partial charge in [0.2, 0.25) is 10.0 Å². The Morgan fingerprint density at radius 1 is 1.25 bits per heavy atom. The van der Waals surface area contributed by atoms with Crippen LogP contribution in [0.15, 0.2) is 41.6 Å². The summed E-state index contributed by atoms with van der Waals surface area (Å²) in [5, 5.41) is 7.35. The zero-order chi connectivity index (χ0) is 14.6. The molecular formula is C13H18N4O2S. The fourth-order valence-electron chi connectivity index (χ4n) is 1.82. The molecule has 1 heterocycles. The van der Waals surface area contributed by atoms with Gasteiger partial charge in [-0.2, -0.15) is 5.10 Å². The van der Waals surface area contributed by atoms with Gasteiger partial charge in [-0.15, -0.1) is 0 Å². The zero-order valence-corrected chi connectivity index (χ0v) is 12.3. The summed E-state index contributed by atoms with van der Waals surface area (Å²) in [6.45, 7) is 0.768. The highest BCUT2D eigenvalue weighted by atomic mass is 32.2. The van der Waals surface area contributed by atoms with Crippen LogP contribution in [0.4, 0.5) is 5.69 Å². The third kappa shape index (κ3) is 3.58. The lowest BCUT2D eigenvalue weighted by Crippen LogP contribution is -2.18. The molecule has 0 aliphatic rings. The van der Waals surface area contributed by atoms with E-state index in [1.807, 2.05) is 19.4 Å². The number of sulfonamides is 1. The van der Waals surface area contributed by atoms with Crippen molar-refractivity contribution in [2.24, 2.45) is 7.05 Å². The Hall–Kier alpha value is -1.86. The van der Waals surface area contributed by atoms with Gasteiger partial charge in [-0.3, -0.25) is 4.68 Å². The van der Waals surface area contributed by atoms with E-state index < -0.39 is 10.0 Å². The number of benzene rings is 1. The van der Waals surface area contributed by atoms with Crippen LogP contribution >= 0.6 is 0 Å². The van der Waals surface area contributed by atoms with Crippen LogP contribution < -0.4 is 10.0 Å². The highest BCUT2D eigenvalue weighted by molar-refractivity contribution is 7.89. The van der Waals surface area contributed by atoms with Crippen LogP contribution in [0.2, 0.25) is 0 Å². The first kappa shape index (κ1) is 14.5. The average molecular weight is 294 g/mol. The zero-order valence-electron chi connectivity index (χ0n) is 11.5. The van der Waals surface area contributed by atoms with E-state index in [0.717, 1.165) is 24.2 Å². The van der Waals surface area contributed by atoms with Gasteiger partial charge >= 0.3 is 0 Å². The third-order valence-corrected chi connectivity index (χ3v) is 4.36. The molecule has 0 amide bonds. The first-order valence-corrected chi connectivity index (χ1v) is 7.74. The molecule has 0 fully saturated rings. The van der Waals surface area contributed by atoms with Gasteiger partial charge in [0, 0.05) is 25.5 Å². The predicted molar refractivity (Wildman–Crippen MR) is 78.1 cm³/mol. The highest BCUT2D eigenvalue weighted by Gasteiger charge is 2.10. The fraction of sp³-hybridized carbons (Fsp3) is 0.308. The number of hydrogen-bond donors (Lipinski definition) is 2. The number of aryl methyl sites for hydroxylation is 1. The Bertz CT molecular complexity index is 662. The number of aromatic nitrogens is 2. The van der Waals surface area contributed by atoms with Gasteiger partial charge in [0.25, 0.3) is 0 Å². The molecule has 6 nitrogen and oxygen atoms in total. The van der Waals surface area contributed by atoms with Crippen molar-refractivity contribution in [3.05, 3.63) is 42.2 Å². The van der Waals surface area contributed by atoms with Gasteiger partial charge in [-0.25, -0.2) is 13.1 Å². The predicted octanol–water partition coefficient (Wildman–Crippen LogP) is 0.983. The van der Waals surface area contributed by atoms with Gasteiger partial charge < -0.3 is 5.32 Å². The van der Waals surface area contributed by atoms with Crippen LogP contribution in [0.5, 0.6) is 0 Å². The summed E-state index contributed by atoms with van der Waals surface area (Å²) in [6.07, 6.45) is 4.68. The normalized spacial score (nSPS) is 11.5. The molecule has 1 aromatic carbocycles. The van der Waals surface area contributed by atoms with Crippen molar-refractivity contribution in [3.63, 3.8) is 0 Å². The molecule has 20 heavy (non-hydrogen) atoms. The Labute approximate surface area is 118 Å². The van der Waals surface area contributed by atoms with Gasteiger partial charge in [-0.05, 0) is 43.3 Å². The maximum Gasteiger partial charge on any atom is 0.240 e. The van der Waals surface area contributed by atoms with E-state index in [9.17, 15) is 8.42 Å². The fourth-order valence-corrected chi connectivity index (χ4v) is 2.55. The molecule has 0 bridgehead atoms. The number of rotatable bonds is 6. The van der Waals surface area contributed by atoms with E-state index in [4.69, 9.17) is 0 Å². The van der Waals surface area contributed by atoms with E-state index in [1.54, 1.807) is 28.9 Å². The minimum absolute atomic E-state index is 0.262. The summed E-state index contributed by atoms with van der Waals surface area (Å²) in [6, 6.07) is 6.68. The summed E-state index contributed by atoms with van der Waals surface area (Å²) in [5.74, 6) is 0. The van der Waals surface area contributed by atoms with E-state index in [2.05, 4.69) is 15.1 Å². The first-order chi connectivity index (χ1) is 9.51. The molecule has 0 saturated heterocycles. The van der Waals surface area contributed by atoms with Gasteiger partial charge in [0.1, 0.15) is 0 Å². The van der Waals surface area contributed by atoms with Crippen molar-refractivity contribution in [2.45, 2.75) is 11.3 Å². The standard InChI is InChI=1S/C13H18N4O2S/c1-14-20(18,19)13-5-3-12(4-6-13)15-8-7-11-9-16-17(2)10-11/h3-6,9-10,14-15H,7-8H2,1-2H3. The van der Waals surface area contributed by atoms with E-state index in [0.29, 0.717) is 0 Å². The van der Waals surface area contributed by atoms with Crippen molar-refractivity contribution in [1.82, 2.24) is 14.5 Å². The Kier molecular flexibility index (Phi) is 4.41. The maximum atomic E-state index is 11.6. The van der Waals surface area contributed by atoms with Crippen molar-refractivity contribution in [2.75, 3.05) is 18.9 Å². The SMILES string of the molecule is CNS(=O)(=O)c1ccc(NCCc2cnn(C)c2)cc1. The summed E-state index contributed by atoms with van der Waals surface area (Å²) in [5.41, 5.74) is 2.05. The molecule has 0 saturated carbocycles. The molecule has 2 rings (SSSR count). The van der Waals surface area contributed by atoms with Crippen LogP contribution in [-0.2, 0) is 23.5 Å². The van der Waals surface area contributed by atoms with Crippen LogP contribution in [0.1, 0.15) is 5.56 Å². The first-order valence-electron chi connectivity index (χ1n) is 6.26. The molecule has 0 radical (unpaired) electrons. The average Bonchev–Trinajstić information content (AvgIpc) is 2.85. The van der Waals surface area contributed by atoms with Crippen molar-refractivity contribution < 1.29 is 8.42 Å². The molecule has 0 spiro atoms. The molecule has 108 valence electrons. The topological polar surface area (TPSA) is 76.0 Å². The Morgan fingerprint density at radius 2 is 1.95 bits per heavy atom. The van der Waals surface area contributed by atoms with Crippen LogP contribution in [0, 0.1) is 0 Å². The summed E-state index contributed by atoms with van der Waals surface area (Å²) < 4.78 is 27.2. The molecule has 2 N–H and O–H groups in total. The minimum Gasteiger partial charge on any atom is -0.385 e. The molecule has 7 heteroatoms. The van der Waals surface area contributed by atoms with Crippen LogP contribution in [0.25, 0.3) is 0 Å². The molecule has 0 aliphatic heterocycles. The quantitative estimate of drug-likeness (QED) is 0.833. The molecular weight excluding hydrogens is 276 g/mol. The molecule has 0 aliphatic carbocycles. The lowest BCUT2D eigenvalue weighted by Gasteiger charge is -2.07. The summed E-state index contributed by atoms with van der Waals surface area (Å²) >= 11 is 0. The molecule has 0 unspecified atom stereocenters. The van der Waals surface area contributed by atoms with E-state index in [-0.39, 0.29) is 4.90 Å². The second kappa shape index (κ2) is 6.06. The van der Waals surface area contributed by atoms with E-state index >= 15 is 0 Å². The lowest BCUT2D eigenvalue weighted by atomic mass is 10.2. The monoisotopic (exact) mass is 294 g/mol. The number of anilines is 1. The lowest BCUT2D eigenvalue weighted by molar-refractivity contribution is 0.588. The second-order valence-electron chi connectivity index (χ2n) is 4.43. The number of nitrogens with one attached hydrogen (secondary N) is 2. The minimum atomic E-state index is -3.36. The number of nitrogens with zero attached hydrogens (tertiary/aromatic N) is 2. The Balaban J connectivity index is 1.91. The molecule has 0 atom stereocenters. The van der Waals surface area contributed by atoms with Gasteiger partial charge in [0.15, 0.2) is 0 Å². The molecule has 2 aromatic rings. The largest absolute Gasteiger partial charge is 0.385 e. The van der Waals surface area contributed by atoms with Crippen LogP contribution in [0.3, 0.4) is 0 Å². The summed E-state index contributed by atoms with van der Waals surface area (Å²) in [4.78, 5) is 0.262. The van der Waals surface area contributed by atoms with Crippen molar-refractivity contribution >= 4 is 15.7 Å². The summed E-state index contributed by atoms with van der Waals surface area (Å²) in [7, 11) is -0.0795. The highest BCUT2D eigenvalue weighted by Crippen LogP contribution is 2.13. The van der Waals surface area contributed by atoms with Gasteiger partial charge in [0.05, 0.1) is 11.1 Å². The van der Waals surface area contributed by atoms with Gasteiger partial charge in [-0.1, -0.05) is 0 Å². The Morgan fingerprint density at radius 3 is 2.50 bits per heavy atom. The van der Waals surface area contributed by atoms with Crippen LogP contribution in [-0.4, -0.2) is 31.8 Å². The van der Waals surface area contributed by atoms with Crippen molar-refractivity contribution in [3.8, 4) is 0 Å². The maximum absolute atomic E-state index is 11.6.